The van der Waals surface area contributed by atoms with Crippen LogP contribution in [0.5, 0.6) is 0 Å². The lowest BCUT2D eigenvalue weighted by atomic mass is 10.2. The highest BCUT2D eigenvalue weighted by Crippen LogP contribution is 2.19. The number of rotatable bonds is 6. The zero-order valence-corrected chi connectivity index (χ0v) is 13.6. The van der Waals surface area contributed by atoms with Crippen LogP contribution in [0.1, 0.15) is 19.4 Å². The average Bonchev–Trinajstić information content (AvgIpc) is 2.27. The molecule has 0 saturated heterocycles. The van der Waals surface area contributed by atoms with Gasteiger partial charge in [-0.15, -0.1) is 23.2 Å². The van der Waals surface area contributed by atoms with Crippen molar-refractivity contribution in [3.05, 3.63) is 29.8 Å². The lowest BCUT2D eigenvalue weighted by molar-refractivity contribution is 0.414. The van der Waals surface area contributed by atoms with Gasteiger partial charge in [-0.25, -0.2) is 8.42 Å². The first kappa shape index (κ1) is 16.8. The Kier molecular flexibility index (Phi) is 6.12. The van der Waals surface area contributed by atoms with Crippen molar-refractivity contribution in [2.75, 3.05) is 13.1 Å². The van der Waals surface area contributed by atoms with E-state index < -0.39 is 10.0 Å². The number of hydrogen-bond acceptors (Lipinski definition) is 2. The van der Waals surface area contributed by atoms with Gasteiger partial charge in [-0.3, -0.25) is 0 Å². The van der Waals surface area contributed by atoms with Gasteiger partial charge in [-0.05, 0) is 32.9 Å². The molecule has 0 aromatic heterocycles. The summed E-state index contributed by atoms with van der Waals surface area (Å²) in [6.07, 6.45) is 0. The van der Waals surface area contributed by atoms with Crippen molar-refractivity contribution in [3.63, 3.8) is 0 Å². The second-order valence-electron chi connectivity index (χ2n) is 4.70. The van der Waals surface area contributed by atoms with Gasteiger partial charge < -0.3 is 0 Å². The predicted octanol–water partition coefficient (Wildman–Crippen LogP) is 3.24. The number of alkyl halides is 2. The van der Waals surface area contributed by atoms with Gasteiger partial charge in [-0.1, -0.05) is 17.7 Å². The van der Waals surface area contributed by atoms with Crippen LogP contribution >= 0.6 is 23.2 Å². The van der Waals surface area contributed by atoms with Crippen molar-refractivity contribution in [1.29, 1.82) is 0 Å². The van der Waals surface area contributed by atoms with E-state index in [1.54, 1.807) is 38.1 Å². The molecule has 19 heavy (non-hydrogen) atoms. The second kappa shape index (κ2) is 6.93. The van der Waals surface area contributed by atoms with Gasteiger partial charge in [0.2, 0.25) is 10.0 Å². The van der Waals surface area contributed by atoms with Gasteiger partial charge in [-0.2, -0.15) is 4.31 Å². The van der Waals surface area contributed by atoms with Gasteiger partial charge >= 0.3 is 0 Å². The fraction of sp³-hybridized carbons (Fsp3) is 0.538. The molecule has 0 fully saturated rings. The third-order valence-electron chi connectivity index (χ3n) is 2.57. The topological polar surface area (TPSA) is 37.4 Å². The summed E-state index contributed by atoms with van der Waals surface area (Å²) in [6, 6.07) is 6.77. The van der Waals surface area contributed by atoms with Crippen molar-refractivity contribution in [1.82, 2.24) is 4.31 Å². The average molecular weight is 324 g/mol. The van der Waals surface area contributed by atoms with E-state index in [9.17, 15) is 8.42 Å². The molecule has 0 N–H and O–H groups in total. The zero-order valence-electron chi connectivity index (χ0n) is 11.3. The van der Waals surface area contributed by atoms with Crippen LogP contribution in [0.4, 0.5) is 0 Å². The molecular weight excluding hydrogens is 305 g/mol. The standard InChI is InChI=1S/C13H19Cl2NO2S/c1-10-4-6-13(7-5-10)19(17,18)16(8-11(2)14)9-12(3)15/h4-7,11-12H,8-9H2,1-3H3. The smallest absolute Gasteiger partial charge is 0.207 e. The number of benzene rings is 1. The molecule has 0 spiro atoms. The molecule has 3 nitrogen and oxygen atoms in total. The first-order chi connectivity index (χ1) is 8.73. The first-order valence-corrected chi connectivity index (χ1v) is 8.39. The lowest BCUT2D eigenvalue weighted by Crippen LogP contribution is -2.38. The van der Waals surface area contributed by atoms with Crippen LogP contribution in [0.3, 0.4) is 0 Å². The van der Waals surface area contributed by atoms with Crippen LogP contribution in [0.15, 0.2) is 29.2 Å². The van der Waals surface area contributed by atoms with E-state index in [1.807, 2.05) is 6.92 Å². The molecule has 0 amide bonds. The van der Waals surface area contributed by atoms with E-state index in [-0.39, 0.29) is 28.7 Å². The van der Waals surface area contributed by atoms with E-state index >= 15 is 0 Å². The molecular formula is C13H19Cl2NO2S. The quantitative estimate of drug-likeness (QED) is 0.753. The molecule has 2 atom stereocenters. The van der Waals surface area contributed by atoms with Crippen LogP contribution in [0, 0.1) is 6.92 Å². The molecule has 1 aromatic rings. The number of halogens is 2. The zero-order chi connectivity index (χ0) is 14.6. The van der Waals surface area contributed by atoms with Crippen molar-refractivity contribution < 1.29 is 8.42 Å². The van der Waals surface area contributed by atoms with Gasteiger partial charge in [0.15, 0.2) is 0 Å². The van der Waals surface area contributed by atoms with Crippen LogP contribution in [-0.2, 0) is 10.0 Å². The molecule has 2 unspecified atom stereocenters. The molecule has 108 valence electrons. The largest absolute Gasteiger partial charge is 0.243 e. The Balaban J connectivity index is 3.07. The van der Waals surface area contributed by atoms with Crippen LogP contribution in [0.2, 0.25) is 0 Å². The lowest BCUT2D eigenvalue weighted by Gasteiger charge is -2.24. The van der Waals surface area contributed by atoms with Gasteiger partial charge in [0, 0.05) is 23.8 Å². The van der Waals surface area contributed by atoms with Crippen LogP contribution in [-0.4, -0.2) is 36.6 Å². The summed E-state index contributed by atoms with van der Waals surface area (Å²) in [5.74, 6) is 0. The summed E-state index contributed by atoms with van der Waals surface area (Å²) in [4.78, 5) is 0.271. The van der Waals surface area contributed by atoms with E-state index in [2.05, 4.69) is 0 Å². The predicted molar refractivity (Wildman–Crippen MR) is 80.6 cm³/mol. The Hall–Kier alpha value is -0.290. The van der Waals surface area contributed by atoms with Crippen molar-refractivity contribution in [3.8, 4) is 0 Å². The van der Waals surface area contributed by atoms with Gasteiger partial charge in [0.1, 0.15) is 0 Å². The molecule has 0 saturated carbocycles. The highest BCUT2D eigenvalue weighted by atomic mass is 35.5. The van der Waals surface area contributed by atoms with E-state index in [4.69, 9.17) is 23.2 Å². The molecule has 1 rings (SSSR count). The van der Waals surface area contributed by atoms with Crippen molar-refractivity contribution >= 4 is 33.2 Å². The number of sulfonamides is 1. The highest BCUT2D eigenvalue weighted by molar-refractivity contribution is 7.89. The van der Waals surface area contributed by atoms with Gasteiger partial charge in [0.25, 0.3) is 0 Å². The number of nitrogens with zero attached hydrogens (tertiary/aromatic N) is 1. The minimum absolute atomic E-state index is 0.245. The Morgan fingerprint density at radius 3 is 1.84 bits per heavy atom. The van der Waals surface area contributed by atoms with Crippen LogP contribution in [0.25, 0.3) is 0 Å². The second-order valence-corrected chi connectivity index (χ2v) is 8.12. The Labute approximate surface area is 125 Å². The minimum atomic E-state index is -3.54. The summed E-state index contributed by atoms with van der Waals surface area (Å²) < 4.78 is 26.4. The van der Waals surface area contributed by atoms with Crippen molar-refractivity contribution in [2.45, 2.75) is 36.4 Å². The molecule has 0 heterocycles. The summed E-state index contributed by atoms with van der Waals surface area (Å²) >= 11 is 11.9. The monoisotopic (exact) mass is 323 g/mol. The summed E-state index contributed by atoms with van der Waals surface area (Å²) in [5.41, 5.74) is 1.02. The minimum Gasteiger partial charge on any atom is -0.207 e. The summed E-state index contributed by atoms with van der Waals surface area (Å²) in [7, 11) is -3.54. The molecule has 1 aromatic carbocycles. The molecule has 0 radical (unpaired) electrons. The SMILES string of the molecule is Cc1ccc(S(=O)(=O)N(CC(C)Cl)CC(C)Cl)cc1. The maximum atomic E-state index is 12.5. The van der Waals surface area contributed by atoms with E-state index in [0.717, 1.165) is 5.56 Å². The van der Waals surface area contributed by atoms with E-state index in [1.165, 1.54) is 4.31 Å². The Bertz CT molecular complexity index is 488. The Morgan fingerprint density at radius 1 is 1.05 bits per heavy atom. The molecule has 0 bridgehead atoms. The third-order valence-corrected chi connectivity index (χ3v) is 4.69. The van der Waals surface area contributed by atoms with Crippen molar-refractivity contribution in [2.24, 2.45) is 0 Å². The fourth-order valence-corrected chi connectivity index (χ4v) is 3.81. The molecule has 0 aliphatic rings. The normalized spacial score (nSPS) is 15.5. The highest BCUT2D eigenvalue weighted by Gasteiger charge is 2.26. The van der Waals surface area contributed by atoms with Gasteiger partial charge in [0.05, 0.1) is 4.90 Å². The third kappa shape index (κ3) is 4.95. The summed E-state index contributed by atoms with van der Waals surface area (Å²) in [5, 5.41) is -0.536. The maximum absolute atomic E-state index is 12.5. The molecule has 0 aliphatic carbocycles. The molecule has 0 aliphatic heterocycles. The fourth-order valence-electron chi connectivity index (χ4n) is 1.69. The van der Waals surface area contributed by atoms with E-state index in [0.29, 0.717) is 0 Å². The number of hydrogen-bond donors (Lipinski definition) is 0. The number of aryl methyl sites for hydroxylation is 1. The first-order valence-electron chi connectivity index (χ1n) is 6.08. The molecule has 6 heteroatoms. The Morgan fingerprint density at radius 2 is 1.47 bits per heavy atom. The maximum Gasteiger partial charge on any atom is 0.243 e. The van der Waals surface area contributed by atoms with Crippen LogP contribution < -0.4 is 0 Å². The summed E-state index contributed by atoms with van der Waals surface area (Å²) in [6.45, 7) is 5.93.